The molecule has 1 aromatic heterocycles. The summed E-state index contributed by atoms with van der Waals surface area (Å²) < 4.78 is 2.90. The van der Waals surface area contributed by atoms with Crippen molar-refractivity contribution in [3.8, 4) is 0 Å². The van der Waals surface area contributed by atoms with Crippen molar-refractivity contribution in [1.29, 1.82) is 0 Å². The predicted molar refractivity (Wildman–Crippen MR) is 84.3 cm³/mol. The third kappa shape index (κ3) is 4.99. The summed E-state index contributed by atoms with van der Waals surface area (Å²) >= 11 is 3.41. The zero-order valence-corrected chi connectivity index (χ0v) is 13.2. The highest BCUT2D eigenvalue weighted by Crippen LogP contribution is 2.18. The molecule has 0 unspecified atom stereocenters. The minimum atomic E-state index is -0.908. The van der Waals surface area contributed by atoms with Crippen LogP contribution in [-0.2, 0) is 13.1 Å². The number of aromatic nitrogens is 2. The van der Waals surface area contributed by atoms with Gasteiger partial charge in [0.05, 0.1) is 11.9 Å². The molecule has 5 nitrogen and oxygen atoms in total. The number of carboxylic acids is 1. The minimum Gasteiger partial charge on any atom is -0.478 e. The van der Waals surface area contributed by atoms with Crippen LogP contribution < -0.4 is 5.32 Å². The highest BCUT2D eigenvalue weighted by Gasteiger charge is 2.06. The van der Waals surface area contributed by atoms with Crippen LogP contribution >= 0.6 is 15.9 Å². The SMILES string of the molecule is O=C(O)c1ccc(CNCCCCn2ccnc2)c(Br)c1. The molecule has 6 heteroatoms. The van der Waals surface area contributed by atoms with Gasteiger partial charge < -0.3 is 15.0 Å². The van der Waals surface area contributed by atoms with E-state index < -0.39 is 5.97 Å². The second-order valence-corrected chi connectivity index (χ2v) is 5.65. The Bertz CT molecular complexity index is 585. The van der Waals surface area contributed by atoms with Crippen molar-refractivity contribution in [1.82, 2.24) is 14.9 Å². The Morgan fingerprint density at radius 3 is 2.90 bits per heavy atom. The van der Waals surface area contributed by atoms with Gasteiger partial charge in [0.15, 0.2) is 0 Å². The fraction of sp³-hybridized carbons (Fsp3) is 0.333. The van der Waals surface area contributed by atoms with Crippen LogP contribution in [0.15, 0.2) is 41.4 Å². The van der Waals surface area contributed by atoms with E-state index in [0.29, 0.717) is 5.56 Å². The molecule has 0 radical (unpaired) electrons. The number of halogens is 1. The standard InChI is InChI=1S/C15H18BrN3O2/c16-14-9-12(15(20)21)3-4-13(14)10-17-5-1-2-7-19-8-6-18-11-19/h3-4,6,8-9,11,17H,1-2,5,7,10H2,(H,20,21). The normalized spacial score (nSPS) is 10.7. The fourth-order valence-electron chi connectivity index (χ4n) is 2.01. The lowest BCUT2D eigenvalue weighted by Crippen LogP contribution is -2.15. The van der Waals surface area contributed by atoms with E-state index in [1.54, 1.807) is 18.3 Å². The maximum absolute atomic E-state index is 10.9. The van der Waals surface area contributed by atoms with Gasteiger partial charge in [-0.3, -0.25) is 0 Å². The van der Waals surface area contributed by atoms with Crippen LogP contribution in [0.2, 0.25) is 0 Å². The van der Waals surface area contributed by atoms with E-state index in [9.17, 15) is 4.79 Å². The quantitative estimate of drug-likeness (QED) is 0.717. The molecule has 2 aromatic rings. The Morgan fingerprint density at radius 1 is 1.38 bits per heavy atom. The highest BCUT2D eigenvalue weighted by molar-refractivity contribution is 9.10. The topological polar surface area (TPSA) is 67.2 Å². The Labute approximate surface area is 132 Å². The summed E-state index contributed by atoms with van der Waals surface area (Å²) in [5, 5.41) is 12.3. The molecule has 1 heterocycles. The minimum absolute atomic E-state index is 0.297. The zero-order valence-electron chi connectivity index (χ0n) is 11.6. The van der Waals surface area contributed by atoms with Crippen LogP contribution in [0.5, 0.6) is 0 Å². The summed E-state index contributed by atoms with van der Waals surface area (Å²) in [7, 11) is 0. The van der Waals surface area contributed by atoms with Crippen LogP contribution in [0, 0.1) is 0 Å². The summed E-state index contributed by atoms with van der Waals surface area (Å²) in [5.41, 5.74) is 1.36. The van der Waals surface area contributed by atoms with Gasteiger partial charge in [0.2, 0.25) is 0 Å². The van der Waals surface area contributed by atoms with E-state index in [4.69, 9.17) is 5.11 Å². The van der Waals surface area contributed by atoms with Crippen molar-refractivity contribution >= 4 is 21.9 Å². The third-order valence-electron chi connectivity index (χ3n) is 3.19. The molecule has 0 aliphatic carbocycles. The average Bonchev–Trinajstić information content (AvgIpc) is 2.97. The van der Waals surface area contributed by atoms with E-state index in [-0.39, 0.29) is 0 Å². The van der Waals surface area contributed by atoms with Gasteiger partial charge in [-0.25, -0.2) is 9.78 Å². The van der Waals surface area contributed by atoms with Crippen molar-refractivity contribution in [3.05, 3.63) is 52.5 Å². The Kier molecular flexibility index (Phi) is 5.95. The predicted octanol–water partition coefficient (Wildman–Crippen LogP) is 2.91. The van der Waals surface area contributed by atoms with Crippen molar-refractivity contribution in [2.75, 3.05) is 6.54 Å². The lowest BCUT2D eigenvalue weighted by atomic mass is 10.1. The van der Waals surface area contributed by atoms with Crippen LogP contribution in [0.4, 0.5) is 0 Å². The first-order valence-corrected chi connectivity index (χ1v) is 7.64. The number of nitrogens with zero attached hydrogens (tertiary/aromatic N) is 2. The maximum atomic E-state index is 10.9. The second kappa shape index (κ2) is 7.95. The van der Waals surface area contributed by atoms with Crippen LogP contribution in [0.25, 0.3) is 0 Å². The fourth-order valence-corrected chi connectivity index (χ4v) is 2.53. The highest BCUT2D eigenvalue weighted by atomic mass is 79.9. The maximum Gasteiger partial charge on any atom is 0.335 e. The van der Waals surface area contributed by atoms with Gasteiger partial charge in [0.1, 0.15) is 0 Å². The molecule has 0 saturated heterocycles. The number of hydrogen-bond donors (Lipinski definition) is 2. The van der Waals surface area contributed by atoms with Crippen molar-refractivity contribution in [2.24, 2.45) is 0 Å². The van der Waals surface area contributed by atoms with E-state index in [2.05, 4.69) is 30.8 Å². The average molecular weight is 352 g/mol. The number of aromatic carboxylic acids is 1. The molecular weight excluding hydrogens is 334 g/mol. The lowest BCUT2D eigenvalue weighted by Gasteiger charge is -2.08. The number of hydrogen-bond acceptors (Lipinski definition) is 3. The van der Waals surface area contributed by atoms with Crippen molar-refractivity contribution in [3.63, 3.8) is 0 Å². The van der Waals surface area contributed by atoms with Crippen LogP contribution in [0.3, 0.4) is 0 Å². The smallest absolute Gasteiger partial charge is 0.335 e. The van der Waals surface area contributed by atoms with Crippen LogP contribution in [0.1, 0.15) is 28.8 Å². The first-order chi connectivity index (χ1) is 10.2. The number of benzene rings is 1. The summed E-state index contributed by atoms with van der Waals surface area (Å²) in [6.45, 7) is 2.64. The number of carbonyl (C=O) groups is 1. The number of rotatable bonds is 8. The van der Waals surface area contributed by atoms with Gasteiger partial charge in [0.25, 0.3) is 0 Å². The largest absolute Gasteiger partial charge is 0.478 e. The molecule has 0 amide bonds. The van der Waals surface area contributed by atoms with Crippen molar-refractivity contribution in [2.45, 2.75) is 25.9 Å². The zero-order chi connectivity index (χ0) is 15.1. The Hall–Kier alpha value is -1.66. The number of unbranched alkanes of at least 4 members (excludes halogenated alkanes) is 1. The summed E-state index contributed by atoms with van der Waals surface area (Å²) in [6.07, 6.45) is 7.77. The number of carboxylic acid groups (broad SMARTS) is 1. The van der Waals surface area contributed by atoms with Crippen molar-refractivity contribution < 1.29 is 9.90 Å². The van der Waals surface area contributed by atoms with Gasteiger partial charge in [0, 0.05) is 30.0 Å². The molecule has 112 valence electrons. The summed E-state index contributed by atoms with van der Waals surface area (Å²) in [6, 6.07) is 5.10. The number of imidazole rings is 1. The monoisotopic (exact) mass is 351 g/mol. The van der Waals surface area contributed by atoms with Gasteiger partial charge in [-0.1, -0.05) is 22.0 Å². The molecule has 2 N–H and O–H groups in total. The molecule has 2 rings (SSSR count). The van der Waals surface area contributed by atoms with E-state index in [0.717, 1.165) is 42.5 Å². The van der Waals surface area contributed by atoms with E-state index in [1.807, 2.05) is 18.6 Å². The van der Waals surface area contributed by atoms with Gasteiger partial charge in [-0.2, -0.15) is 0 Å². The molecule has 1 aromatic carbocycles. The molecule has 0 aliphatic heterocycles. The van der Waals surface area contributed by atoms with Gasteiger partial charge in [-0.05, 0) is 37.1 Å². The van der Waals surface area contributed by atoms with Crippen LogP contribution in [-0.4, -0.2) is 27.2 Å². The molecular formula is C15H18BrN3O2. The van der Waals surface area contributed by atoms with Gasteiger partial charge >= 0.3 is 5.97 Å². The number of nitrogens with one attached hydrogen (secondary N) is 1. The molecule has 0 aliphatic rings. The molecule has 0 spiro atoms. The molecule has 0 fully saturated rings. The molecule has 0 atom stereocenters. The Balaban J connectivity index is 1.67. The van der Waals surface area contributed by atoms with E-state index in [1.165, 1.54) is 0 Å². The Morgan fingerprint density at radius 2 is 2.24 bits per heavy atom. The molecule has 0 saturated carbocycles. The molecule has 0 bridgehead atoms. The van der Waals surface area contributed by atoms with E-state index >= 15 is 0 Å². The molecule has 21 heavy (non-hydrogen) atoms. The number of aryl methyl sites for hydroxylation is 1. The summed E-state index contributed by atoms with van der Waals surface area (Å²) in [5.74, 6) is -0.908. The second-order valence-electron chi connectivity index (χ2n) is 4.80. The first kappa shape index (κ1) is 15.7. The van der Waals surface area contributed by atoms with Gasteiger partial charge in [-0.15, -0.1) is 0 Å². The first-order valence-electron chi connectivity index (χ1n) is 6.85. The summed E-state index contributed by atoms with van der Waals surface area (Å²) in [4.78, 5) is 14.9. The lowest BCUT2D eigenvalue weighted by molar-refractivity contribution is 0.0697. The third-order valence-corrected chi connectivity index (χ3v) is 3.93.